The van der Waals surface area contributed by atoms with Crippen LogP contribution in [-0.4, -0.2) is 24.5 Å². The molecule has 4 rings (SSSR count). The van der Waals surface area contributed by atoms with Crippen molar-refractivity contribution in [2.45, 2.75) is 18.2 Å². The number of nitrogens with one attached hydrogen (secondary N) is 1. The minimum Gasteiger partial charge on any atom is -0.355 e. The summed E-state index contributed by atoms with van der Waals surface area (Å²) in [5.74, 6) is -0.846. The Kier molecular flexibility index (Phi) is 4.56. The number of hydrogen-bond acceptors (Lipinski definition) is 5. The van der Waals surface area contributed by atoms with Crippen molar-refractivity contribution in [2.24, 2.45) is 0 Å². The Morgan fingerprint density at radius 1 is 0.828 bits per heavy atom. The number of fused-ring (bicyclic) bond motifs is 2. The van der Waals surface area contributed by atoms with E-state index in [4.69, 9.17) is 0 Å². The molecule has 0 bridgehead atoms. The van der Waals surface area contributed by atoms with Crippen LogP contribution in [0, 0.1) is 0 Å². The molecule has 29 heavy (non-hydrogen) atoms. The van der Waals surface area contributed by atoms with Gasteiger partial charge in [0.2, 0.25) is 0 Å². The third-order valence-corrected chi connectivity index (χ3v) is 5.80. The summed E-state index contributed by atoms with van der Waals surface area (Å²) in [6.45, 7) is 1.97. The Labute approximate surface area is 168 Å². The molecule has 0 aromatic heterocycles. The van der Waals surface area contributed by atoms with Crippen LogP contribution < -0.4 is 5.32 Å². The Balaban J connectivity index is 1.98. The van der Waals surface area contributed by atoms with Gasteiger partial charge >= 0.3 is 0 Å². The largest absolute Gasteiger partial charge is 0.355 e. The van der Waals surface area contributed by atoms with Crippen molar-refractivity contribution in [3.8, 4) is 0 Å². The van der Waals surface area contributed by atoms with E-state index in [0.717, 1.165) is 11.6 Å². The van der Waals surface area contributed by atoms with Crippen LogP contribution in [0.2, 0.25) is 0 Å². The quantitative estimate of drug-likeness (QED) is 0.496. The molecular formula is C22H17NO5S. The molecule has 1 aliphatic carbocycles. The van der Waals surface area contributed by atoms with Gasteiger partial charge in [0.15, 0.2) is 11.6 Å². The van der Waals surface area contributed by atoms with Crippen LogP contribution in [0.1, 0.15) is 44.3 Å². The summed E-state index contributed by atoms with van der Waals surface area (Å²) in [5, 5.41) is 3.10. The molecule has 2 N–H and O–H groups in total. The van der Waals surface area contributed by atoms with Crippen LogP contribution in [0.15, 0.2) is 65.6 Å². The Hall–Kier alpha value is -3.29. The van der Waals surface area contributed by atoms with Gasteiger partial charge in [0.05, 0.1) is 16.1 Å². The third-order valence-electron chi connectivity index (χ3n) is 4.97. The average molecular weight is 407 g/mol. The molecule has 1 aliphatic rings. The van der Waals surface area contributed by atoms with Gasteiger partial charge in [-0.1, -0.05) is 49.4 Å². The maximum atomic E-state index is 13.2. The summed E-state index contributed by atoms with van der Waals surface area (Å²) >= 11 is 0. The van der Waals surface area contributed by atoms with E-state index in [1.165, 1.54) is 12.1 Å². The van der Waals surface area contributed by atoms with Crippen LogP contribution in [0.5, 0.6) is 0 Å². The zero-order chi connectivity index (χ0) is 20.8. The first-order valence-electron chi connectivity index (χ1n) is 9.00. The second-order valence-electron chi connectivity index (χ2n) is 6.71. The molecule has 0 saturated heterocycles. The third kappa shape index (κ3) is 3.24. The van der Waals surface area contributed by atoms with Crippen LogP contribution in [0.25, 0.3) is 0 Å². The summed E-state index contributed by atoms with van der Waals surface area (Å²) in [6.07, 6.45) is 0.707. The maximum Gasteiger partial charge on any atom is 0.294 e. The lowest BCUT2D eigenvalue weighted by molar-refractivity contribution is 0.0979. The number of ketones is 2. The SMILES string of the molecule is CCc1ccccc1Nc1cc(S(=O)(=O)O)cc2c1C(=O)c1ccccc1C2=O. The molecule has 0 atom stereocenters. The Morgan fingerprint density at radius 3 is 2.10 bits per heavy atom. The van der Waals surface area contributed by atoms with Crippen molar-refractivity contribution >= 4 is 33.1 Å². The molecular weight excluding hydrogens is 390 g/mol. The van der Waals surface area contributed by atoms with E-state index in [1.807, 2.05) is 25.1 Å². The van der Waals surface area contributed by atoms with E-state index in [9.17, 15) is 22.6 Å². The molecule has 3 aromatic carbocycles. The Morgan fingerprint density at radius 2 is 1.45 bits per heavy atom. The Bertz CT molecular complexity index is 1280. The van der Waals surface area contributed by atoms with E-state index in [-0.39, 0.29) is 33.7 Å². The van der Waals surface area contributed by atoms with Gasteiger partial charge in [-0.25, -0.2) is 0 Å². The minimum atomic E-state index is -4.59. The zero-order valence-electron chi connectivity index (χ0n) is 15.5. The van der Waals surface area contributed by atoms with E-state index in [1.54, 1.807) is 24.3 Å². The van der Waals surface area contributed by atoms with Gasteiger partial charge in [0.25, 0.3) is 10.1 Å². The molecule has 146 valence electrons. The number of hydrogen-bond donors (Lipinski definition) is 2. The first kappa shape index (κ1) is 19.0. The van der Waals surface area contributed by atoms with Gasteiger partial charge in [-0.15, -0.1) is 0 Å². The number of rotatable bonds is 4. The van der Waals surface area contributed by atoms with Crippen LogP contribution in [-0.2, 0) is 16.5 Å². The molecule has 7 heteroatoms. The molecule has 0 heterocycles. The normalized spacial score (nSPS) is 13.0. The highest BCUT2D eigenvalue weighted by Crippen LogP contribution is 2.36. The van der Waals surface area contributed by atoms with Crippen molar-refractivity contribution in [1.29, 1.82) is 0 Å². The molecule has 0 unspecified atom stereocenters. The molecule has 0 amide bonds. The van der Waals surface area contributed by atoms with Crippen molar-refractivity contribution < 1.29 is 22.6 Å². The fourth-order valence-corrected chi connectivity index (χ4v) is 4.07. The zero-order valence-corrected chi connectivity index (χ0v) is 16.3. The van der Waals surface area contributed by atoms with Crippen molar-refractivity contribution in [2.75, 3.05) is 5.32 Å². The number of carbonyl (C=O) groups is 2. The average Bonchev–Trinajstić information content (AvgIpc) is 2.71. The van der Waals surface area contributed by atoms with E-state index < -0.39 is 20.8 Å². The van der Waals surface area contributed by atoms with Crippen molar-refractivity contribution in [3.63, 3.8) is 0 Å². The number of anilines is 2. The highest BCUT2D eigenvalue weighted by atomic mass is 32.2. The molecule has 0 aliphatic heterocycles. The van der Waals surface area contributed by atoms with Crippen LogP contribution in [0.3, 0.4) is 0 Å². The number of para-hydroxylation sites is 1. The highest BCUT2D eigenvalue weighted by Gasteiger charge is 2.33. The van der Waals surface area contributed by atoms with Crippen molar-refractivity contribution in [3.05, 3.63) is 88.5 Å². The second-order valence-corrected chi connectivity index (χ2v) is 8.13. The number of aryl methyl sites for hydroxylation is 1. The first-order valence-corrected chi connectivity index (χ1v) is 10.4. The standard InChI is InChI=1S/C22H17NO5S/c1-2-13-7-3-6-10-18(13)23-19-12-14(29(26,27)28)11-17-20(19)22(25)16-9-5-4-8-15(16)21(17)24/h3-12,23H,2H2,1H3,(H,26,27,28). The topological polar surface area (TPSA) is 101 Å². The predicted octanol–water partition coefficient (Wildman–Crippen LogP) is 4.01. The summed E-state index contributed by atoms with van der Waals surface area (Å²) < 4.78 is 33.2. The van der Waals surface area contributed by atoms with E-state index in [2.05, 4.69) is 5.32 Å². The first-order chi connectivity index (χ1) is 13.8. The summed E-state index contributed by atoms with van der Waals surface area (Å²) in [7, 11) is -4.59. The summed E-state index contributed by atoms with van der Waals surface area (Å²) in [5.41, 5.74) is 2.29. The van der Waals surface area contributed by atoms with Gasteiger partial charge in [-0.2, -0.15) is 8.42 Å². The molecule has 0 spiro atoms. The smallest absolute Gasteiger partial charge is 0.294 e. The number of benzene rings is 3. The van der Waals surface area contributed by atoms with Gasteiger partial charge < -0.3 is 5.32 Å². The molecule has 3 aromatic rings. The molecule has 0 radical (unpaired) electrons. The van der Waals surface area contributed by atoms with Gasteiger partial charge in [0.1, 0.15) is 0 Å². The second kappa shape index (κ2) is 6.95. The lowest BCUT2D eigenvalue weighted by atomic mass is 9.83. The summed E-state index contributed by atoms with van der Waals surface area (Å²) in [4.78, 5) is 25.7. The maximum absolute atomic E-state index is 13.2. The van der Waals surface area contributed by atoms with Gasteiger partial charge in [-0.05, 0) is 30.2 Å². The van der Waals surface area contributed by atoms with Gasteiger partial charge in [-0.3, -0.25) is 14.1 Å². The fraction of sp³-hybridized carbons (Fsp3) is 0.0909. The predicted molar refractivity (Wildman–Crippen MR) is 109 cm³/mol. The van der Waals surface area contributed by atoms with Gasteiger partial charge in [0, 0.05) is 22.4 Å². The fourth-order valence-electron chi connectivity index (χ4n) is 3.54. The van der Waals surface area contributed by atoms with Crippen molar-refractivity contribution in [1.82, 2.24) is 0 Å². The minimum absolute atomic E-state index is 0.0553. The highest BCUT2D eigenvalue weighted by molar-refractivity contribution is 7.85. The summed E-state index contributed by atoms with van der Waals surface area (Å²) in [6, 6.07) is 16.0. The van der Waals surface area contributed by atoms with E-state index in [0.29, 0.717) is 12.1 Å². The number of carbonyl (C=O) groups excluding carboxylic acids is 2. The molecule has 0 fully saturated rings. The van der Waals surface area contributed by atoms with Crippen LogP contribution in [0.4, 0.5) is 11.4 Å². The lowest BCUT2D eigenvalue weighted by Crippen LogP contribution is -2.23. The molecule has 6 nitrogen and oxygen atoms in total. The molecule has 0 saturated carbocycles. The van der Waals surface area contributed by atoms with E-state index >= 15 is 0 Å². The monoisotopic (exact) mass is 407 g/mol. The van der Waals surface area contributed by atoms with Crippen LogP contribution >= 0.6 is 0 Å². The lowest BCUT2D eigenvalue weighted by Gasteiger charge is -2.22.